The molecule has 0 amide bonds. The second kappa shape index (κ2) is 18.0. The molecule has 2 N–H and O–H groups in total. The third-order valence-corrected chi connectivity index (χ3v) is 5.73. The Morgan fingerprint density at radius 3 is 1.50 bits per heavy atom. The van der Waals surface area contributed by atoms with Gasteiger partial charge in [-0.15, -0.1) is 0 Å². The standard InChI is InChI=1S/C22H43N5S/c1-4-7-9-11-13-15-17-23-20-25-21(27-22(26-20)28-19-6-3)24-18-16-14-12-10-8-5-2/h4-19H2,1-3H3,(H2,23,24,25,26,27). The van der Waals surface area contributed by atoms with Gasteiger partial charge >= 0.3 is 0 Å². The van der Waals surface area contributed by atoms with Crippen molar-refractivity contribution in [3.63, 3.8) is 0 Å². The second-order valence-corrected chi connectivity index (χ2v) is 8.56. The van der Waals surface area contributed by atoms with Crippen LogP contribution in [-0.4, -0.2) is 33.8 Å². The minimum absolute atomic E-state index is 0.715. The molecule has 1 aromatic heterocycles. The highest BCUT2D eigenvalue weighted by atomic mass is 32.2. The van der Waals surface area contributed by atoms with Crippen LogP contribution in [0.15, 0.2) is 5.16 Å². The lowest BCUT2D eigenvalue weighted by molar-refractivity contribution is 0.615. The lowest BCUT2D eigenvalue weighted by atomic mass is 10.1. The summed E-state index contributed by atoms with van der Waals surface area (Å²) < 4.78 is 0. The number of nitrogens with zero attached hydrogens (tertiary/aromatic N) is 3. The van der Waals surface area contributed by atoms with Crippen molar-refractivity contribution in [2.45, 2.75) is 109 Å². The molecule has 5 nitrogen and oxygen atoms in total. The van der Waals surface area contributed by atoms with Gasteiger partial charge in [-0.1, -0.05) is 96.7 Å². The Morgan fingerprint density at radius 1 is 0.571 bits per heavy atom. The fourth-order valence-corrected chi connectivity index (χ4v) is 3.67. The van der Waals surface area contributed by atoms with Crippen molar-refractivity contribution in [1.82, 2.24) is 15.0 Å². The molecule has 0 unspecified atom stereocenters. The number of unbranched alkanes of at least 4 members (excludes halogenated alkanes) is 10. The molecule has 0 aliphatic carbocycles. The maximum absolute atomic E-state index is 4.59. The van der Waals surface area contributed by atoms with Gasteiger partial charge in [0.1, 0.15) is 0 Å². The number of aromatic nitrogens is 3. The van der Waals surface area contributed by atoms with Gasteiger partial charge in [0, 0.05) is 18.8 Å². The molecule has 0 spiro atoms. The van der Waals surface area contributed by atoms with Crippen LogP contribution in [-0.2, 0) is 0 Å². The second-order valence-electron chi connectivity index (χ2n) is 7.50. The van der Waals surface area contributed by atoms with E-state index in [0.717, 1.165) is 30.4 Å². The van der Waals surface area contributed by atoms with Gasteiger partial charge in [0.15, 0.2) is 5.16 Å². The molecule has 0 saturated heterocycles. The quantitative estimate of drug-likeness (QED) is 0.191. The van der Waals surface area contributed by atoms with Crippen molar-refractivity contribution in [3.8, 4) is 0 Å². The molecule has 0 fully saturated rings. The van der Waals surface area contributed by atoms with E-state index in [1.54, 1.807) is 11.8 Å². The zero-order valence-electron chi connectivity index (χ0n) is 18.6. The van der Waals surface area contributed by atoms with Crippen molar-refractivity contribution in [3.05, 3.63) is 0 Å². The van der Waals surface area contributed by atoms with E-state index < -0.39 is 0 Å². The Morgan fingerprint density at radius 2 is 1.04 bits per heavy atom. The average Bonchev–Trinajstić information content (AvgIpc) is 2.71. The summed E-state index contributed by atoms with van der Waals surface area (Å²) in [5, 5.41) is 7.63. The SMILES string of the molecule is CCCCCCCCNc1nc(NCCCCCCCC)nc(SCCC)n1. The zero-order chi connectivity index (χ0) is 20.3. The van der Waals surface area contributed by atoms with Crippen LogP contribution in [0.4, 0.5) is 11.9 Å². The fraction of sp³-hybridized carbons (Fsp3) is 0.864. The van der Waals surface area contributed by atoms with E-state index in [9.17, 15) is 0 Å². The first-order valence-electron chi connectivity index (χ1n) is 11.7. The molecule has 0 aromatic carbocycles. The molecule has 1 rings (SSSR count). The summed E-state index contributed by atoms with van der Waals surface area (Å²) in [7, 11) is 0. The molecule has 0 aliphatic rings. The predicted molar refractivity (Wildman–Crippen MR) is 125 cm³/mol. The Labute approximate surface area is 177 Å². The maximum Gasteiger partial charge on any atom is 0.228 e. The molecule has 0 saturated carbocycles. The van der Waals surface area contributed by atoms with E-state index in [1.165, 1.54) is 77.0 Å². The minimum atomic E-state index is 0.715. The molecule has 0 bridgehead atoms. The van der Waals surface area contributed by atoms with Crippen molar-refractivity contribution in [1.29, 1.82) is 0 Å². The number of anilines is 2. The molecule has 0 aliphatic heterocycles. The van der Waals surface area contributed by atoms with Crippen LogP contribution in [0.5, 0.6) is 0 Å². The van der Waals surface area contributed by atoms with Crippen molar-refractivity contribution in [2.75, 3.05) is 29.5 Å². The van der Waals surface area contributed by atoms with Crippen LogP contribution in [0.1, 0.15) is 104 Å². The highest BCUT2D eigenvalue weighted by molar-refractivity contribution is 7.99. The van der Waals surface area contributed by atoms with E-state index in [-0.39, 0.29) is 0 Å². The summed E-state index contributed by atoms with van der Waals surface area (Å²) in [6, 6.07) is 0. The van der Waals surface area contributed by atoms with Crippen molar-refractivity contribution in [2.24, 2.45) is 0 Å². The first-order valence-corrected chi connectivity index (χ1v) is 12.6. The zero-order valence-corrected chi connectivity index (χ0v) is 19.4. The lowest BCUT2D eigenvalue weighted by Crippen LogP contribution is -2.11. The van der Waals surface area contributed by atoms with E-state index >= 15 is 0 Å². The molecule has 1 aromatic rings. The van der Waals surface area contributed by atoms with E-state index in [4.69, 9.17) is 0 Å². The van der Waals surface area contributed by atoms with E-state index in [2.05, 4.69) is 46.4 Å². The predicted octanol–water partition coefficient (Wildman–Crippen LogP) is 6.92. The normalized spacial score (nSPS) is 11.0. The largest absolute Gasteiger partial charge is 0.354 e. The first kappa shape index (κ1) is 25.0. The highest BCUT2D eigenvalue weighted by Gasteiger charge is 2.06. The van der Waals surface area contributed by atoms with Crippen LogP contribution < -0.4 is 10.6 Å². The van der Waals surface area contributed by atoms with Gasteiger partial charge < -0.3 is 10.6 Å². The van der Waals surface area contributed by atoms with Gasteiger partial charge in [0.05, 0.1) is 0 Å². The van der Waals surface area contributed by atoms with Crippen LogP contribution in [0, 0.1) is 0 Å². The Bertz CT molecular complexity index is 448. The summed E-state index contributed by atoms with van der Waals surface area (Å²) in [5.41, 5.74) is 0. The van der Waals surface area contributed by atoms with Crippen LogP contribution in [0.25, 0.3) is 0 Å². The van der Waals surface area contributed by atoms with Gasteiger partial charge in [0.2, 0.25) is 11.9 Å². The maximum atomic E-state index is 4.59. The molecular weight excluding hydrogens is 366 g/mol. The minimum Gasteiger partial charge on any atom is -0.354 e. The molecule has 6 heteroatoms. The topological polar surface area (TPSA) is 62.7 Å². The smallest absolute Gasteiger partial charge is 0.228 e. The van der Waals surface area contributed by atoms with Gasteiger partial charge in [-0.05, 0) is 19.3 Å². The van der Waals surface area contributed by atoms with Gasteiger partial charge in [-0.2, -0.15) is 15.0 Å². The number of hydrogen-bond donors (Lipinski definition) is 2. The third-order valence-electron chi connectivity index (χ3n) is 4.68. The molecule has 28 heavy (non-hydrogen) atoms. The van der Waals surface area contributed by atoms with Crippen LogP contribution in [0.2, 0.25) is 0 Å². The van der Waals surface area contributed by atoms with Crippen LogP contribution in [0.3, 0.4) is 0 Å². The Hall–Kier alpha value is -1.04. The summed E-state index contributed by atoms with van der Waals surface area (Å²) in [6.07, 6.45) is 16.7. The monoisotopic (exact) mass is 409 g/mol. The van der Waals surface area contributed by atoms with Gasteiger partial charge in [-0.3, -0.25) is 0 Å². The summed E-state index contributed by atoms with van der Waals surface area (Å²) in [4.78, 5) is 13.8. The van der Waals surface area contributed by atoms with Crippen molar-refractivity contribution < 1.29 is 0 Å². The number of thioether (sulfide) groups is 1. The number of nitrogens with one attached hydrogen (secondary N) is 2. The average molecular weight is 410 g/mol. The number of hydrogen-bond acceptors (Lipinski definition) is 6. The van der Waals surface area contributed by atoms with Crippen molar-refractivity contribution >= 4 is 23.7 Å². The van der Waals surface area contributed by atoms with Gasteiger partial charge in [-0.25, -0.2) is 0 Å². The Kier molecular flexibility index (Phi) is 16.1. The molecule has 1 heterocycles. The molecular formula is C22H43N5S. The summed E-state index contributed by atoms with van der Waals surface area (Å²) in [5.74, 6) is 2.47. The third kappa shape index (κ3) is 13.2. The molecule has 0 atom stereocenters. The fourth-order valence-electron chi connectivity index (χ4n) is 2.98. The van der Waals surface area contributed by atoms with E-state index in [0.29, 0.717) is 11.9 Å². The lowest BCUT2D eigenvalue weighted by Gasteiger charge is -2.10. The molecule has 0 radical (unpaired) electrons. The first-order chi connectivity index (χ1) is 13.8. The summed E-state index contributed by atoms with van der Waals surface area (Å²) in [6.45, 7) is 8.57. The molecule has 162 valence electrons. The van der Waals surface area contributed by atoms with Crippen LogP contribution >= 0.6 is 11.8 Å². The Balaban J connectivity index is 2.39. The van der Waals surface area contributed by atoms with Gasteiger partial charge in [0.25, 0.3) is 0 Å². The summed E-state index contributed by atoms with van der Waals surface area (Å²) >= 11 is 1.71. The number of rotatable bonds is 19. The highest BCUT2D eigenvalue weighted by Crippen LogP contribution is 2.17. The van der Waals surface area contributed by atoms with E-state index in [1.807, 2.05) is 0 Å².